The quantitative estimate of drug-likeness (QED) is 0.441. The van der Waals surface area contributed by atoms with E-state index in [0.717, 1.165) is 53.1 Å². The number of carbonyl (C=O) groups excluding carboxylic acids is 1. The minimum atomic E-state index is -0.120. The lowest BCUT2D eigenvalue weighted by Crippen LogP contribution is -2.36. The van der Waals surface area contributed by atoms with E-state index in [0.29, 0.717) is 22.9 Å². The summed E-state index contributed by atoms with van der Waals surface area (Å²) >= 11 is 0. The zero-order chi connectivity index (χ0) is 22.1. The summed E-state index contributed by atoms with van der Waals surface area (Å²) in [5.74, 6) is 1.15. The Hall–Kier alpha value is -3.54. The number of hydrogen-bond donors (Lipinski definition) is 2. The highest BCUT2D eigenvalue weighted by atomic mass is 16.5. The Bertz CT molecular complexity index is 1290. The predicted octanol–water partition coefficient (Wildman–Crippen LogP) is 5.46. The molecule has 1 fully saturated rings. The fourth-order valence-corrected chi connectivity index (χ4v) is 4.66. The summed E-state index contributed by atoms with van der Waals surface area (Å²) in [6, 6.07) is 15.9. The van der Waals surface area contributed by atoms with Crippen LogP contribution in [-0.4, -0.2) is 36.1 Å². The van der Waals surface area contributed by atoms with Crippen molar-refractivity contribution in [1.29, 1.82) is 0 Å². The number of amides is 1. The monoisotopic (exact) mass is 429 g/mol. The molecule has 1 amide bonds. The maximum absolute atomic E-state index is 13.2. The number of H-pyrrole nitrogens is 1. The van der Waals surface area contributed by atoms with Crippen LogP contribution in [0.5, 0.6) is 11.5 Å². The molecular weight excluding hydrogens is 402 g/mol. The van der Waals surface area contributed by atoms with Gasteiger partial charge in [-0.1, -0.05) is 37.5 Å². The highest BCUT2D eigenvalue weighted by molar-refractivity contribution is 6.13. The van der Waals surface area contributed by atoms with Gasteiger partial charge in [0.15, 0.2) is 11.5 Å². The first-order valence-corrected chi connectivity index (χ1v) is 11.1. The van der Waals surface area contributed by atoms with Gasteiger partial charge >= 0.3 is 0 Å². The number of pyridine rings is 1. The standard InChI is InChI=1S/C26H27N3O3/c1-31-22-13-12-16(14-23(22)32-2)24-25-19(18-10-6-7-11-20(18)28-25)15-21(29-24)26(30)27-17-8-4-3-5-9-17/h6-7,10-15,17,28H,3-5,8-9H2,1-2H3,(H,27,30). The Morgan fingerprint density at radius 1 is 0.969 bits per heavy atom. The Morgan fingerprint density at radius 2 is 1.75 bits per heavy atom. The first-order valence-electron chi connectivity index (χ1n) is 11.1. The molecule has 1 aliphatic carbocycles. The van der Waals surface area contributed by atoms with Gasteiger partial charge in [0.2, 0.25) is 0 Å². The van der Waals surface area contributed by atoms with Crippen LogP contribution >= 0.6 is 0 Å². The maximum atomic E-state index is 13.2. The molecule has 2 aromatic carbocycles. The number of ether oxygens (including phenoxy) is 2. The minimum Gasteiger partial charge on any atom is -0.493 e. The number of fused-ring (bicyclic) bond motifs is 3. The molecule has 5 rings (SSSR count). The van der Waals surface area contributed by atoms with Crippen LogP contribution in [0.2, 0.25) is 0 Å². The van der Waals surface area contributed by atoms with Crippen LogP contribution in [0.4, 0.5) is 0 Å². The molecule has 0 saturated heterocycles. The third-order valence-electron chi connectivity index (χ3n) is 6.33. The molecule has 2 N–H and O–H groups in total. The van der Waals surface area contributed by atoms with Crippen LogP contribution in [0.3, 0.4) is 0 Å². The van der Waals surface area contributed by atoms with Crippen molar-refractivity contribution in [3.05, 3.63) is 54.2 Å². The van der Waals surface area contributed by atoms with Crippen molar-refractivity contribution in [3.8, 4) is 22.8 Å². The number of nitrogens with one attached hydrogen (secondary N) is 2. The summed E-state index contributed by atoms with van der Waals surface area (Å²) in [6.45, 7) is 0. The van der Waals surface area contributed by atoms with Crippen LogP contribution in [0, 0.1) is 0 Å². The van der Waals surface area contributed by atoms with Crippen LogP contribution in [0.25, 0.3) is 33.1 Å². The second kappa shape index (κ2) is 8.54. The van der Waals surface area contributed by atoms with E-state index in [1.807, 2.05) is 42.5 Å². The number of aromatic amines is 1. The molecule has 4 aromatic rings. The molecule has 0 aliphatic heterocycles. The Kier molecular flexibility index (Phi) is 5.43. The molecule has 0 spiro atoms. The summed E-state index contributed by atoms with van der Waals surface area (Å²) in [5, 5.41) is 5.25. The topological polar surface area (TPSA) is 76.2 Å². The largest absolute Gasteiger partial charge is 0.493 e. The van der Waals surface area contributed by atoms with Gasteiger partial charge in [0.25, 0.3) is 5.91 Å². The van der Waals surface area contributed by atoms with E-state index in [1.165, 1.54) is 6.42 Å². The first-order chi connectivity index (χ1) is 15.7. The van der Waals surface area contributed by atoms with Gasteiger partial charge in [-0.3, -0.25) is 4.79 Å². The average molecular weight is 430 g/mol. The van der Waals surface area contributed by atoms with Crippen LogP contribution in [0.1, 0.15) is 42.6 Å². The molecule has 1 aliphatic rings. The number of carbonyl (C=O) groups is 1. The van der Waals surface area contributed by atoms with Gasteiger partial charge in [0, 0.05) is 27.9 Å². The minimum absolute atomic E-state index is 0.120. The van der Waals surface area contributed by atoms with Crippen molar-refractivity contribution in [2.45, 2.75) is 38.1 Å². The Labute approximate surface area is 186 Å². The fraction of sp³-hybridized carbons (Fsp3) is 0.308. The molecule has 6 heteroatoms. The smallest absolute Gasteiger partial charge is 0.270 e. The first kappa shape index (κ1) is 20.4. The predicted molar refractivity (Wildman–Crippen MR) is 126 cm³/mol. The van der Waals surface area contributed by atoms with Crippen molar-refractivity contribution < 1.29 is 14.3 Å². The summed E-state index contributed by atoms with van der Waals surface area (Å²) in [4.78, 5) is 21.5. The second-order valence-electron chi connectivity index (χ2n) is 8.33. The molecule has 0 radical (unpaired) electrons. The highest BCUT2D eigenvalue weighted by Crippen LogP contribution is 2.36. The number of para-hydroxylation sites is 1. The van der Waals surface area contributed by atoms with Gasteiger partial charge in [-0.25, -0.2) is 4.98 Å². The SMILES string of the molecule is COc1ccc(-c2nc(C(=O)NC3CCCCC3)cc3c2[nH]c2ccccc23)cc1OC. The van der Waals surface area contributed by atoms with E-state index in [2.05, 4.69) is 16.4 Å². The van der Waals surface area contributed by atoms with Gasteiger partial charge in [-0.15, -0.1) is 0 Å². The number of nitrogens with zero attached hydrogens (tertiary/aromatic N) is 1. The van der Waals surface area contributed by atoms with Crippen LogP contribution < -0.4 is 14.8 Å². The van der Waals surface area contributed by atoms with Crippen molar-refractivity contribution in [2.75, 3.05) is 14.2 Å². The van der Waals surface area contributed by atoms with Gasteiger partial charge in [-0.05, 0) is 43.2 Å². The van der Waals surface area contributed by atoms with Gasteiger partial charge in [-0.2, -0.15) is 0 Å². The Morgan fingerprint density at radius 3 is 2.53 bits per heavy atom. The molecule has 1 saturated carbocycles. The number of aromatic nitrogens is 2. The summed E-state index contributed by atoms with van der Waals surface area (Å²) < 4.78 is 10.9. The van der Waals surface area contributed by atoms with Crippen molar-refractivity contribution in [3.63, 3.8) is 0 Å². The molecule has 0 atom stereocenters. The molecule has 6 nitrogen and oxygen atoms in total. The van der Waals surface area contributed by atoms with E-state index in [9.17, 15) is 4.79 Å². The zero-order valence-corrected chi connectivity index (χ0v) is 18.4. The molecule has 0 bridgehead atoms. The molecule has 2 aromatic heterocycles. The van der Waals surface area contributed by atoms with Crippen molar-refractivity contribution in [2.24, 2.45) is 0 Å². The summed E-state index contributed by atoms with van der Waals surface area (Å²) in [6.07, 6.45) is 5.64. The van der Waals surface area contributed by atoms with Crippen molar-refractivity contribution in [1.82, 2.24) is 15.3 Å². The third kappa shape index (κ3) is 3.66. The van der Waals surface area contributed by atoms with Gasteiger partial charge < -0.3 is 19.8 Å². The normalized spacial score (nSPS) is 14.6. The van der Waals surface area contributed by atoms with Crippen LogP contribution in [0.15, 0.2) is 48.5 Å². The third-order valence-corrected chi connectivity index (χ3v) is 6.33. The van der Waals surface area contributed by atoms with E-state index in [4.69, 9.17) is 14.5 Å². The molecule has 2 heterocycles. The molecule has 32 heavy (non-hydrogen) atoms. The molecular formula is C26H27N3O3. The fourth-order valence-electron chi connectivity index (χ4n) is 4.66. The van der Waals surface area contributed by atoms with Crippen molar-refractivity contribution >= 4 is 27.7 Å². The summed E-state index contributed by atoms with van der Waals surface area (Å²) in [5.41, 5.74) is 3.90. The molecule has 164 valence electrons. The van der Waals surface area contributed by atoms with E-state index in [1.54, 1.807) is 14.2 Å². The highest BCUT2D eigenvalue weighted by Gasteiger charge is 2.21. The number of benzene rings is 2. The van der Waals surface area contributed by atoms with Gasteiger partial charge in [0.1, 0.15) is 5.69 Å². The van der Waals surface area contributed by atoms with Gasteiger partial charge in [0.05, 0.1) is 25.4 Å². The lowest BCUT2D eigenvalue weighted by molar-refractivity contribution is 0.0923. The number of rotatable bonds is 5. The van der Waals surface area contributed by atoms with E-state index in [-0.39, 0.29) is 11.9 Å². The van der Waals surface area contributed by atoms with E-state index >= 15 is 0 Å². The lowest BCUT2D eigenvalue weighted by atomic mass is 9.95. The maximum Gasteiger partial charge on any atom is 0.270 e. The summed E-state index contributed by atoms with van der Waals surface area (Å²) in [7, 11) is 3.23. The zero-order valence-electron chi connectivity index (χ0n) is 18.4. The number of methoxy groups -OCH3 is 2. The van der Waals surface area contributed by atoms with E-state index < -0.39 is 0 Å². The lowest BCUT2D eigenvalue weighted by Gasteiger charge is -2.22. The molecule has 0 unspecified atom stereocenters. The van der Waals surface area contributed by atoms with Crippen LogP contribution in [-0.2, 0) is 0 Å². The number of hydrogen-bond acceptors (Lipinski definition) is 4. The average Bonchev–Trinajstić information content (AvgIpc) is 3.22. The Balaban J connectivity index is 1.66. The second-order valence-corrected chi connectivity index (χ2v) is 8.33.